The summed E-state index contributed by atoms with van der Waals surface area (Å²) >= 11 is 0. The van der Waals surface area contributed by atoms with Gasteiger partial charge in [0.05, 0.1) is 0 Å². The van der Waals surface area contributed by atoms with Gasteiger partial charge in [0.15, 0.2) is 0 Å². The molecule has 1 saturated heterocycles. The maximum atomic E-state index is 4.20. The lowest BCUT2D eigenvalue weighted by Crippen LogP contribution is -2.41. The van der Waals surface area contributed by atoms with Crippen molar-refractivity contribution in [3.8, 4) is 0 Å². The van der Waals surface area contributed by atoms with Gasteiger partial charge in [-0.3, -0.25) is 4.99 Å². The van der Waals surface area contributed by atoms with Crippen LogP contribution in [0.1, 0.15) is 19.8 Å². The molecule has 0 N–H and O–H groups in total. The smallest absolute Gasteiger partial charge is 0.122 e. The zero-order chi connectivity index (χ0) is 8.10. The molecule has 0 aromatic carbocycles. The van der Waals surface area contributed by atoms with Crippen molar-refractivity contribution in [2.24, 2.45) is 4.99 Å². The van der Waals surface area contributed by atoms with Crippen molar-refractivity contribution in [2.75, 3.05) is 20.1 Å². The van der Waals surface area contributed by atoms with Crippen LogP contribution in [0.4, 0.5) is 0 Å². The van der Waals surface area contributed by atoms with Crippen LogP contribution in [0, 0.1) is 0 Å². The molecule has 0 saturated carbocycles. The Labute approximate surface area is 68.6 Å². The van der Waals surface area contributed by atoms with Gasteiger partial charge in [0, 0.05) is 20.1 Å². The maximum Gasteiger partial charge on any atom is 0.122 e. The molecule has 0 radical (unpaired) electrons. The molecule has 62 valence electrons. The fourth-order valence-electron chi connectivity index (χ4n) is 1.09. The van der Waals surface area contributed by atoms with E-state index in [0.717, 1.165) is 12.3 Å². The Balaban J connectivity index is 2.42. The van der Waals surface area contributed by atoms with E-state index < -0.39 is 0 Å². The highest BCUT2D eigenvalue weighted by molar-refractivity contribution is 5.93. The normalized spacial score (nSPS) is 19.1. The van der Waals surface area contributed by atoms with Crippen molar-refractivity contribution in [1.29, 1.82) is 0 Å². The number of nitrogens with zero attached hydrogens (tertiary/aromatic N) is 2. The molecular formula is C9H16N2. The van der Waals surface area contributed by atoms with Gasteiger partial charge in [0.25, 0.3) is 0 Å². The molecule has 0 bridgehead atoms. The summed E-state index contributed by atoms with van der Waals surface area (Å²) in [4.78, 5) is 6.50. The van der Waals surface area contributed by atoms with Gasteiger partial charge < -0.3 is 4.90 Å². The van der Waals surface area contributed by atoms with Crippen molar-refractivity contribution in [3.63, 3.8) is 0 Å². The largest absolute Gasteiger partial charge is 0.357 e. The van der Waals surface area contributed by atoms with Gasteiger partial charge in [-0.15, -0.1) is 0 Å². The highest BCUT2D eigenvalue weighted by Crippen LogP contribution is 2.07. The van der Waals surface area contributed by atoms with Gasteiger partial charge in [-0.25, -0.2) is 0 Å². The molecule has 1 heterocycles. The Kier molecular flexibility index (Phi) is 3.14. The number of aliphatic imine (C=N–C) groups is 1. The average molecular weight is 152 g/mol. The molecule has 1 fully saturated rings. The maximum absolute atomic E-state index is 4.20. The third kappa shape index (κ3) is 2.07. The van der Waals surface area contributed by atoms with E-state index in [1.165, 1.54) is 19.5 Å². The van der Waals surface area contributed by atoms with E-state index in [0.29, 0.717) is 0 Å². The van der Waals surface area contributed by atoms with Crippen molar-refractivity contribution in [3.05, 3.63) is 12.2 Å². The van der Waals surface area contributed by atoms with Crippen LogP contribution >= 0.6 is 0 Å². The fraction of sp³-hybridized carbons (Fsp3) is 0.667. The van der Waals surface area contributed by atoms with E-state index in [9.17, 15) is 0 Å². The molecule has 0 amide bonds. The minimum Gasteiger partial charge on any atom is -0.357 e. The molecular weight excluding hydrogens is 136 g/mol. The van der Waals surface area contributed by atoms with Crippen molar-refractivity contribution >= 4 is 5.84 Å². The van der Waals surface area contributed by atoms with Crippen LogP contribution in [0.5, 0.6) is 0 Å². The Hall–Kier alpha value is -0.790. The van der Waals surface area contributed by atoms with Crippen LogP contribution in [0.2, 0.25) is 0 Å². The molecule has 0 atom stereocenters. The summed E-state index contributed by atoms with van der Waals surface area (Å²) in [5.41, 5.74) is 0. The second-order valence-corrected chi connectivity index (χ2v) is 2.73. The number of allylic oxidation sites excluding steroid dienone is 1. The fourth-order valence-corrected chi connectivity index (χ4v) is 1.09. The molecule has 1 rings (SSSR count). The molecule has 2 nitrogen and oxygen atoms in total. The van der Waals surface area contributed by atoms with Gasteiger partial charge in [-0.2, -0.15) is 0 Å². The summed E-state index contributed by atoms with van der Waals surface area (Å²) in [7, 11) is 1.85. The first-order valence-corrected chi connectivity index (χ1v) is 4.26. The second-order valence-electron chi connectivity index (χ2n) is 2.73. The second kappa shape index (κ2) is 4.16. The van der Waals surface area contributed by atoms with Gasteiger partial charge in [0.2, 0.25) is 0 Å². The van der Waals surface area contributed by atoms with Gasteiger partial charge in [-0.05, 0) is 18.9 Å². The Bertz CT molecular complexity index is 166. The zero-order valence-corrected chi connectivity index (χ0v) is 7.38. The molecule has 0 spiro atoms. The summed E-state index contributed by atoms with van der Waals surface area (Å²) in [6, 6.07) is 0. The quantitative estimate of drug-likeness (QED) is 0.434. The zero-order valence-electron chi connectivity index (χ0n) is 7.38. The lowest BCUT2D eigenvalue weighted by Gasteiger charge is -2.32. The molecule has 0 aliphatic carbocycles. The summed E-state index contributed by atoms with van der Waals surface area (Å²) < 4.78 is 0. The molecule has 2 heteroatoms. The van der Waals surface area contributed by atoms with Crippen LogP contribution in [-0.2, 0) is 0 Å². The minimum atomic E-state index is 1.09. The molecule has 1 aliphatic rings. The van der Waals surface area contributed by atoms with Crippen LogP contribution in [0.3, 0.4) is 0 Å². The SMILES string of the molecule is CCC=CC(=NC)N1CCC1. The van der Waals surface area contributed by atoms with Crippen LogP contribution in [0.25, 0.3) is 0 Å². The van der Waals surface area contributed by atoms with Crippen LogP contribution < -0.4 is 0 Å². The van der Waals surface area contributed by atoms with E-state index in [-0.39, 0.29) is 0 Å². The third-order valence-corrected chi connectivity index (χ3v) is 1.91. The lowest BCUT2D eigenvalue weighted by molar-refractivity contribution is 0.301. The summed E-state index contributed by atoms with van der Waals surface area (Å²) in [6.45, 7) is 4.50. The van der Waals surface area contributed by atoms with Crippen molar-refractivity contribution in [2.45, 2.75) is 19.8 Å². The van der Waals surface area contributed by atoms with E-state index >= 15 is 0 Å². The number of hydrogen-bond acceptors (Lipinski definition) is 1. The van der Waals surface area contributed by atoms with Crippen molar-refractivity contribution < 1.29 is 0 Å². The Morgan fingerprint density at radius 3 is 2.64 bits per heavy atom. The Morgan fingerprint density at radius 1 is 1.55 bits per heavy atom. The highest BCUT2D eigenvalue weighted by atomic mass is 15.2. The summed E-state index contributed by atoms with van der Waals surface area (Å²) in [5.74, 6) is 1.14. The first kappa shape index (κ1) is 8.31. The van der Waals surface area contributed by atoms with E-state index in [1.54, 1.807) is 0 Å². The van der Waals surface area contributed by atoms with Gasteiger partial charge >= 0.3 is 0 Å². The van der Waals surface area contributed by atoms with E-state index in [4.69, 9.17) is 0 Å². The first-order chi connectivity index (χ1) is 5.38. The summed E-state index contributed by atoms with van der Waals surface area (Å²) in [6.07, 6.45) is 6.67. The van der Waals surface area contributed by atoms with Crippen molar-refractivity contribution in [1.82, 2.24) is 4.90 Å². The molecule has 0 unspecified atom stereocenters. The molecule has 11 heavy (non-hydrogen) atoms. The monoisotopic (exact) mass is 152 g/mol. The van der Waals surface area contributed by atoms with Crippen LogP contribution in [-0.4, -0.2) is 30.9 Å². The van der Waals surface area contributed by atoms with Gasteiger partial charge in [-0.1, -0.05) is 13.0 Å². The van der Waals surface area contributed by atoms with E-state index in [2.05, 4.69) is 29.0 Å². The molecule has 0 aromatic rings. The van der Waals surface area contributed by atoms with E-state index in [1.807, 2.05) is 7.05 Å². The lowest BCUT2D eigenvalue weighted by atomic mass is 10.2. The topological polar surface area (TPSA) is 15.6 Å². The predicted octanol–water partition coefficient (Wildman–Crippen LogP) is 1.69. The highest BCUT2D eigenvalue weighted by Gasteiger charge is 2.14. The third-order valence-electron chi connectivity index (χ3n) is 1.91. The number of amidine groups is 1. The molecule has 0 aromatic heterocycles. The average Bonchev–Trinajstić information content (AvgIpc) is 1.93. The van der Waals surface area contributed by atoms with Gasteiger partial charge in [0.1, 0.15) is 5.84 Å². The summed E-state index contributed by atoms with van der Waals surface area (Å²) in [5, 5.41) is 0. The minimum absolute atomic E-state index is 1.09. The number of rotatable bonds is 2. The standard InChI is InChI=1S/C9H16N2/c1-3-4-6-9(10-2)11-7-5-8-11/h4,6H,3,5,7-8H2,1-2H3. The number of likely N-dealkylation sites (tertiary alicyclic amines) is 1. The number of hydrogen-bond donors (Lipinski definition) is 0. The molecule has 1 aliphatic heterocycles. The van der Waals surface area contributed by atoms with Crippen LogP contribution in [0.15, 0.2) is 17.1 Å². The Morgan fingerprint density at radius 2 is 2.27 bits per heavy atom. The first-order valence-electron chi connectivity index (χ1n) is 4.26. The predicted molar refractivity (Wildman–Crippen MR) is 49.0 cm³/mol.